The zero-order valence-corrected chi connectivity index (χ0v) is 10.1. The summed E-state index contributed by atoms with van der Waals surface area (Å²) in [5.74, 6) is 0. The average Bonchev–Trinajstić information content (AvgIpc) is 2.46. The Hall–Kier alpha value is -1.02. The van der Waals surface area contributed by atoms with Gasteiger partial charge in [-0.05, 0) is 0 Å². The Bertz CT molecular complexity index is 422. The van der Waals surface area contributed by atoms with Crippen molar-refractivity contribution in [2.24, 2.45) is 0 Å². The molecule has 0 spiro atoms. The van der Waals surface area contributed by atoms with Gasteiger partial charge in [-0.3, -0.25) is 0 Å². The molecule has 2 aliphatic rings. The number of rotatable bonds is 1. The van der Waals surface area contributed by atoms with Crippen LogP contribution in [0.15, 0.2) is 30.3 Å². The van der Waals surface area contributed by atoms with Gasteiger partial charge in [0.2, 0.25) is 0 Å². The first-order chi connectivity index (χ1) is 9.16. The van der Waals surface area contributed by atoms with Crippen molar-refractivity contribution in [3.05, 3.63) is 35.9 Å². The minimum Gasteiger partial charge on any atom is -0.387 e. The van der Waals surface area contributed by atoms with E-state index in [1.807, 2.05) is 30.3 Å². The van der Waals surface area contributed by atoms with E-state index in [-0.39, 0.29) is 6.61 Å². The molecule has 6 heteroatoms. The Balaban J connectivity index is 1.75. The van der Waals surface area contributed by atoms with Crippen molar-refractivity contribution in [2.45, 2.75) is 37.0 Å². The maximum atomic E-state index is 9.94. The van der Waals surface area contributed by atoms with E-state index < -0.39 is 37.0 Å². The monoisotopic (exact) mass is 268 g/mol. The van der Waals surface area contributed by atoms with Crippen LogP contribution in [0, 0.1) is 0 Å². The van der Waals surface area contributed by atoms with E-state index in [4.69, 9.17) is 14.2 Å². The van der Waals surface area contributed by atoms with Gasteiger partial charge in [0.1, 0.15) is 24.4 Å². The smallest absolute Gasteiger partial charge is 0.184 e. The number of hydrogen-bond donors (Lipinski definition) is 3. The third kappa shape index (κ3) is 2.38. The van der Waals surface area contributed by atoms with Crippen LogP contribution in [0.4, 0.5) is 0 Å². The topological polar surface area (TPSA) is 88.4 Å². The molecule has 0 aromatic heterocycles. The molecule has 104 valence electrons. The van der Waals surface area contributed by atoms with Crippen LogP contribution in [-0.4, -0.2) is 52.6 Å². The zero-order valence-electron chi connectivity index (χ0n) is 10.1. The highest BCUT2D eigenvalue weighted by atomic mass is 16.7. The Labute approximate surface area is 110 Å². The molecule has 2 fully saturated rings. The molecule has 0 saturated carbocycles. The molecule has 2 aliphatic heterocycles. The lowest BCUT2D eigenvalue weighted by Gasteiger charge is -2.45. The van der Waals surface area contributed by atoms with E-state index in [0.717, 1.165) is 5.56 Å². The first kappa shape index (κ1) is 13.0. The van der Waals surface area contributed by atoms with Crippen molar-refractivity contribution in [3.63, 3.8) is 0 Å². The van der Waals surface area contributed by atoms with Gasteiger partial charge in [0.05, 0.1) is 6.61 Å². The lowest BCUT2D eigenvalue weighted by molar-refractivity contribution is -0.354. The predicted octanol–water partition coefficient (Wildman–Crippen LogP) is -0.460. The molecule has 2 saturated heterocycles. The Morgan fingerprint density at radius 3 is 2.42 bits per heavy atom. The van der Waals surface area contributed by atoms with Gasteiger partial charge < -0.3 is 29.5 Å². The minimum atomic E-state index is -1.42. The number of benzene rings is 1. The Kier molecular flexibility index (Phi) is 3.53. The lowest BCUT2D eigenvalue weighted by Crippen LogP contribution is -2.61. The summed E-state index contributed by atoms with van der Waals surface area (Å²) in [7, 11) is 0. The van der Waals surface area contributed by atoms with Crippen LogP contribution >= 0.6 is 0 Å². The summed E-state index contributed by atoms with van der Waals surface area (Å²) in [4.78, 5) is 0. The molecule has 0 aliphatic carbocycles. The van der Waals surface area contributed by atoms with E-state index in [1.165, 1.54) is 0 Å². The predicted molar refractivity (Wildman–Crippen MR) is 62.9 cm³/mol. The van der Waals surface area contributed by atoms with Crippen LogP contribution in [0.2, 0.25) is 0 Å². The minimum absolute atomic E-state index is 0.186. The molecule has 1 aromatic carbocycles. The second-order valence-electron chi connectivity index (χ2n) is 4.72. The third-order valence-electron chi connectivity index (χ3n) is 3.42. The number of aliphatic hydroxyl groups is 3. The van der Waals surface area contributed by atoms with E-state index in [2.05, 4.69) is 0 Å². The fourth-order valence-corrected chi connectivity index (χ4v) is 2.37. The quantitative estimate of drug-likeness (QED) is 0.639. The summed E-state index contributed by atoms with van der Waals surface area (Å²) in [6.07, 6.45) is -5.93. The van der Waals surface area contributed by atoms with Gasteiger partial charge >= 0.3 is 0 Å². The van der Waals surface area contributed by atoms with Gasteiger partial charge in [-0.25, -0.2) is 0 Å². The number of aliphatic hydroxyl groups excluding tert-OH is 3. The molecule has 3 rings (SSSR count). The van der Waals surface area contributed by atoms with Crippen molar-refractivity contribution in [2.75, 3.05) is 6.61 Å². The number of ether oxygens (including phenoxy) is 3. The maximum Gasteiger partial charge on any atom is 0.184 e. The van der Waals surface area contributed by atoms with Gasteiger partial charge in [0.15, 0.2) is 12.6 Å². The zero-order chi connectivity index (χ0) is 13.4. The normalized spacial score (nSPS) is 42.7. The Morgan fingerprint density at radius 1 is 0.947 bits per heavy atom. The van der Waals surface area contributed by atoms with Gasteiger partial charge in [-0.15, -0.1) is 0 Å². The molecule has 6 atom stereocenters. The molecule has 19 heavy (non-hydrogen) atoms. The highest BCUT2D eigenvalue weighted by Gasteiger charge is 2.48. The lowest BCUT2D eigenvalue weighted by atomic mass is 9.98. The van der Waals surface area contributed by atoms with Crippen LogP contribution in [0.5, 0.6) is 0 Å². The largest absolute Gasteiger partial charge is 0.387 e. The van der Waals surface area contributed by atoms with Crippen LogP contribution in [-0.2, 0) is 14.2 Å². The van der Waals surface area contributed by atoms with E-state index in [1.54, 1.807) is 0 Å². The van der Waals surface area contributed by atoms with Crippen LogP contribution in [0.1, 0.15) is 11.9 Å². The summed E-state index contributed by atoms with van der Waals surface area (Å²) in [5.41, 5.74) is 0.828. The number of fused-ring (bicyclic) bond motifs is 1. The standard InChI is InChI=1S/C13H16O6/c14-9-10(15)12(16)18-8-6-17-13(19-11(8)9)7-4-2-1-3-5-7/h1-5,8-16H,6H2/t8-,9+,10-,11+,12?,13?/m1/s1. The second kappa shape index (κ2) is 5.16. The van der Waals surface area contributed by atoms with Crippen molar-refractivity contribution in [1.82, 2.24) is 0 Å². The molecule has 1 aromatic rings. The van der Waals surface area contributed by atoms with Crippen molar-refractivity contribution in [1.29, 1.82) is 0 Å². The van der Waals surface area contributed by atoms with Gasteiger partial charge in [-0.1, -0.05) is 30.3 Å². The maximum absolute atomic E-state index is 9.94. The molecular weight excluding hydrogens is 252 g/mol. The third-order valence-corrected chi connectivity index (χ3v) is 3.42. The van der Waals surface area contributed by atoms with Crippen LogP contribution in [0.3, 0.4) is 0 Å². The Morgan fingerprint density at radius 2 is 1.68 bits per heavy atom. The van der Waals surface area contributed by atoms with Gasteiger partial charge in [-0.2, -0.15) is 0 Å². The van der Waals surface area contributed by atoms with Crippen LogP contribution in [0.25, 0.3) is 0 Å². The molecule has 6 nitrogen and oxygen atoms in total. The van der Waals surface area contributed by atoms with E-state index in [9.17, 15) is 15.3 Å². The molecular formula is C13H16O6. The molecule has 0 amide bonds. The second-order valence-corrected chi connectivity index (χ2v) is 4.72. The van der Waals surface area contributed by atoms with E-state index >= 15 is 0 Å². The first-order valence-electron chi connectivity index (χ1n) is 6.18. The summed E-state index contributed by atoms with van der Waals surface area (Å²) in [5, 5.41) is 29.0. The fourth-order valence-electron chi connectivity index (χ4n) is 2.37. The first-order valence-corrected chi connectivity index (χ1v) is 6.18. The summed E-state index contributed by atoms with van der Waals surface area (Å²) in [6.45, 7) is 0.186. The van der Waals surface area contributed by atoms with E-state index in [0.29, 0.717) is 0 Å². The van der Waals surface area contributed by atoms with Gasteiger partial charge in [0, 0.05) is 5.56 Å². The molecule has 0 bridgehead atoms. The molecule has 2 unspecified atom stereocenters. The highest BCUT2D eigenvalue weighted by molar-refractivity contribution is 5.16. The molecule has 0 radical (unpaired) electrons. The van der Waals surface area contributed by atoms with Crippen molar-refractivity contribution < 1.29 is 29.5 Å². The molecule has 2 heterocycles. The SMILES string of the molecule is OC1O[C@@H]2COC(c3ccccc3)O[C@@H]2[C@@H](O)[C@H]1O. The highest BCUT2D eigenvalue weighted by Crippen LogP contribution is 2.33. The van der Waals surface area contributed by atoms with Crippen LogP contribution < -0.4 is 0 Å². The van der Waals surface area contributed by atoms with Gasteiger partial charge in [0.25, 0.3) is 0 Å². The van der Waals surface area contributed by atoms with Crippen molar-refractivity contribution >= 4 is 0 Å². The fraction of sp³-hybridized carbons (Fsp3) is 0.538. The average molecular weight is 268 g/mol. The summed E-state index contributed by atoms with van der Waals surface area (Å²) in [6, 6.07) is 9.31. The molecule has 3 N–H and O–H groups in total. The van der Waals surface area contributed by atoms with Crippen molar-refractivity contribution in [3.8, 4) is 0 Å². The number of hydrogen-bond acceptors (Lipinski definition) is 6. The summed E-state index contributed by atoms with van der Waals surface area (Å²) >= 11 is 0. The summed E-state index contributed by atoms with van der Waals surface area (Å²) < 4.78 is 16.3.